The number of benzodiazepines with no additional fused rings is 1. The van der Waals surface area contributed by atoms with E-state index >= 15 is 0 Å². The molecule has 10 heteroatoms. The molecule has 2 heterocycles. The highest BCUT2D eigenvalue weighted by Gasteiger charge is 2.35. The van der Waals surface area contributed by atoms with E-state index in [-0.39, 0.29) is 25.1 Å². The Morgan fingerprint density at radius 3 is 2.36 bits per heavy atom. The highest BCUT2D eigenvalue weighted by atomic mass is 16.5. The van der Waals surface area contributed by atoms with Gasteiger partial charge < -0.3 is 14.4 Å². The second-order valence-electron chi connectivity index (χ2n) is 10.3. The van der Waals surface area contributed by atoms with E-state index in [2.05, 4.69) is 10.3 Å². The summed E-state index contributed by atoms with van der Waals surface area (Å²) in [6, 6.07) is 26.9. The van der Waals surface area contributed by atoms with E-state index in [0.717, 1.165) is 5.56 Å². The minimum absolute atomic E-state index is 0.0143. The zero-order chi connectivity index (χ0) is 31.1. The predicted molar refractivity (Wildman–Crippen MR) is 168 cm³/mol. The van der Waals surface area contributed by atoms with Crippen LogP contribution in [-0.4, -0.2) is 54.5 Å². The first kappa shape index (κ1) is 30.0. The Hall–Kier alpha value is -5.51. The van der Waals surface area contributed by atoms with Gasteiger partial charge in [0.2, 0.25) is 12.1 Å². The number of hydrogen-bond donors (Lipinski definition) is 1. The van der Waals surface area contributed by atoms with Crippen LogP contribution in [0.15, 0.2) is 108 Å². The highest BCUT2D eigenvalue weighted by molar-refractivity contribution is 6.21. The molecule has 4 aromatic rings. The van der Waals surface area contributed by atoms with Crippen LogP contribution in [0.4, 0.5) is 16.2 Å². The van der Waals surface area contributed by atoms with Crippen molar-refractivity contribution in [2.24, 2.45) is 4.99 Å². The standard InChI is InChI=1S/C34H33N5O5/c1-23(2)39(26-15-17-27(43-3)18-16-26)30(40)21-38-29-14-8-7-13-28(29)31(25-12-9-19-35-20-25)36-32(33(38)41)37-34(42)44-22-24-10-5-4-6-11-24/h4-20,23,32H,21-22H2,1-3H3,(H,37,42). The van der Waals surface area contributed by atoms with Crippen molar-refractivity contribution < 1.29 is 23.9 Å². The maximum atomic E-state index is 14.2. The van der Waals surface area contributed by atoms with E-state index in [0.29, 0.717) is 34.0 Å². The zero-order valence-corrected chi connectivity index (χ0v) is 24.7. The molecule has 0 aliphatic carbocycles. The molecule has 0 spiro atoms. The molecular formula is C34H33N5O5. The van der Waals surface area contributed by atoms with Crippen LogP contribution >= 0.6 is 0 Å². The maximum Gasteiger partial charge on any atom is 0.409 e. The van der Waals surface area contributed by atoms with E-state index in [1.807, 2.05) is 62.4 Å². The van der Waals surface area contributed by atoms with Gasteiger partial charge in [0, 0.05) is 35.2 Å². The number of benzene rings is 3. The van der Waals surface area contributed by atoms with Gasteiger partial charge in [0.05, 0.1) is 18.5 Å². The van der Waals surface area contributed by atoms with Crippen molar-refractivity contribution in [1.82, 2.24) is 10.3 Å². The summed E-state index contributed by atoms with van der Waals surface area (Å²) in [5.41, 5.74) is 3.64. The van der Waals surface area contributed by atoms with Gasteiger partial charge in [-0.25, -0.2) is 9.79 Å². The van der Waals surface area contributed by atoms with Crippen molar-refractivity contribution in [2.75, 3.05) is 23.5 Å². The van der Waals surface area contributed by atoms with E-state index in [4.69, 9.17) is 14.5 Å². The number of pyridine rings is 1. The zero-order valence-electron chi connectivity index (χ0n) is 24.7. The van der Waals surface area contributed by atoms with Gasteiger partial charge in [0.15, 0.2) is 0 Å². The molecule has 1 aromatic heterocycles. The van der Waals surface area contributed by atoms with E-state index < -0.39 is 18.2 Å². The van der Waals surface area contributed by atoms with Crippen LogP contribution in [0.1, 0.15) is 30.5 Å². The number of fused-ring (bicyclic) bond motifs is 1. The number of alkyl carbamates (subject to hydrolysis) is 1. The number of aliphatic imine (C=N–C) groups is 1. The summed E-state index contributed by atoms with van der Waals surface area (Å²) in [5, 5.41) is 2.61. The average Bonchev–Trinajstić information content (AvgIpc) is 3.16. The van der Waals surface area contributed by atoms with Gasteiger partial charge in [-0.05, 0) is 61.9 Å². The molecule has 1 aliphatic rings. The summed E-state index contributed by atoms with van der Waals surface area (Å²) >= 11 is 0. The number of amides is 3. The third-order valence-electron chi connectivity index (χ3n) is 7.04. The van der Waals surface area contributed by atoms with Crippen LogP contribution in [0.5, 0.6) is 5.75 Å². The first-order chi connectivity index (χ1) is 21.4. The van der Waals surface area contributed by atoms with Crippen molar-refractivity contribution in [3.05, 3.63) is 120 Å². The van der Waals surface area contributed by atoms with Crippen LogP contribution in [0.25, 0.3) is 0 Å². The van der Waals surface area contributed by atoms with Gasteiger partial charge in [-0.3, -0.25) is 24.8 Å². The first-order valence-corrected chi connectivity index (χ1v) is 14.2. The second-order valence-corrected chi connectivity index (χ2v) is 10.3. The molecule has 1 aliphatic heterocycles. The summed E-state index contributed by atoms with van der Waals surface area (Å²) in [4.78, 5) is 53.0. The lowest BCUT2D eigenvalue weighted by molar-refractivity contribution is -0.123. The second kappa shape index (κ2) is 13.6. The average molecular weight is 592 g/mol. The number of rotatable bonds is 9. The molecule has 44 heavy (non-hydrogen) atoms. The number of aromatic nitrogens is 1. The molecule has 0 fully saturated rings. The number of methoxy groups -OCH3 is 1. The Morgan fingerprint density at radius 2 is 1.68 bits per heavy atom. The van der Waals surface area contributed by atoms with Crippen LogP contribution in [-0.2, 0) is 20.9 Å². The Kier molecular flexibility index (Phi) is 9.29. The van der Waals surface area contributed by atoms with Gasteiger partial charge in [0.25, 0.3) is 5.91 Å². The van der Waals surface area contributed by atoms with Gasteiger partial charge in [-0.2, -0.15) is 0 Å². The molecule has 224 valence electrons. The van der Waals surface area contributed by atoms with E-state index in [1.54, 1.807) is 66.9 Å². The minimum Gasteiger partial charge on any atom is -0.497 e. The topological polar surface area (TPSA) is 113 Å². The molecule has 1 N–H and O–H groups in total. The monoisotopic (exact) mass is 591 g/mol. The fraction of sp³-hybridized carbons (Fsp3) is 0.206. The Balaban J connectivity index is 1.49. The fourth-order valence-corrected chi connectivity index (χ4v) is 4.98. The SMILES string of the molecule is COc1ccc(N(C(=O)CN2C(=O)C(NC(=O)OCc3ccccc3)N=C(c3cccnc3)c3ccccc32)C(C)C)cc1. The van der Waals surface area contributed by atoms with E-state index in [9.17, 15) is 14.4 Å². The van der Waals surface area contributed by atoms with Crippen LogP contribution in [0.3, 0.4) is 0 Å². The largest absolute Gasteiger partial charge is 0.497 e. The first-order valence-electron chi connectivity index (χ1n) is 14.2. The van der Waals surface area contributed by atoms with Crippen LogP contribution < -0.4 is 19.9 Å². The summed E-state index contributed by atoms with van der Waals surface area (Å²) in [7, 11) is 1.58. The molecular weight excluding hydrogens is 558 g/mol. The lowest BCUT2D eigenvalue weighted by Gasteiger charge is -2.31. The summed E-state index contributed by atoms with van der Waals surface area (Å²) < 4.78 is 10.7. The highest BCUT2D eigenvalue weighted by Crippen LogP contribution is 2.29. The van der Waals surface area contributed by atoms with Gasteiger partial charge in [0.1, 0.15) is 18.9 Å². The Bertz CT molecular complexity index is 1640. The molecule has 3 amide bonds. The smallest absolute Gasteiger partial charge is 0.409 e. The lowest BCUT2D eigenvalue weighted by Crippen LogP contribution is -2.51. The number of ether oxygens (including phenoxy) is 2. The van der Waals surface area contributed by atoms with Gasteiger partial charge in [-0.15, -0.1) is 0 Å². The number of nitrogens with zero attached hydrogens (tertiary/aromatic N) is 4. The number of carbonyl (C=O) groups is 3. The van der Waals surface area contributed by atoms with Crippen molar-refractivity contribution in [3.63, 3.8) is 0 Å². The molecule has 1 atom stereocenters. The molecule has 0 radical (unpaired) electrons. The third kappa shape index (κ3) is 6.75. The summed E-state index contributed by atoms with van der Waals surface area (Å²) in [5.74, 6) is -0.238. The number of para-hydroxylation sites is 1. The lowest BCUT2D eigenvalue weighted by atomic mass is 10.0. The van der Waals surface area contributed by atoms with Gasteiger partial charge >= 0.3 is 6.09 Å². The van der Waals surface area contributed by atoms with Crippen molar-refractivity contribution in [3.8, 4) is 5.75 Å². The van der Waals surface area contributed by atoms with Gasteiger partial charge in [-0.1, -0.05) is 48.5 Å². The summed E-state index contributed by atoms with van der Waals surface area (Å²) in [6.07, 6.45) is 1.08. The third-order valence-corrected chi connectivity index (χ3v) is 7.04. The Labute approximate surface area is 256 Å². The number of anilines is 2. The molecule has 1 unspecified atom stereocenters. The molecule has 10 nitrogen and oxygen atoms in total. The normalized spacial score (nSPS) is 14.3. The number of nitrogens with one attached hydrogen (secondary N) is 1. The quantitative estimate of drug-likeness (QED) is 0.294. The molecule has 5 rings (SSSR count). The van der Waals surface area contributed by atoms with Crippen molar-refractivity contribution in [1.29, 1.82) is 0 Å². The van der Waals surface area contributed by atoms with Crippen molar-refractivity contribution >= 4 is 35.0 Å². The molecule has 0 saturated heterocycles. The predicted octanol–water partition coefficient (Wildman–Crippen LogP) is 4.97. The number of hydrogen-bond acceptors (Lipinski definition) is 7. The van der Waals surface area contributed by atoms with E-state index in [1.165, 1.54) is 4.90 Å². The maximum absolute atomic E-state index is 14.2. The van der Waals surface area contributed by atoms with Crippen LogP contribution in [0, 0.1) is 0 Å². The van der Waals surface area contributed by atoms with Crippen LogP contribution in [0.2, 0.25) is 0 Å². The van der Waals surface area contributed by atoms with Crippen molar-refractivity contribution in [2.45, 2.75) is 32.7 Å². The minimum atomic E-state index is -1.37. The molecule has 3 aromatic carbocycles. The fourth-order valence-electron chi connectivity index (χ4n) is 4.98. The number of carbonyl (C=O) groups excluding carboxylic acids is 3. The molecule has 0 bridgehead atoms. The Morgan fingerprint density at radius 1 is 0.955 bits per heavy atom. The summed E-state index contributed by atoms with van der Waals surface area (Å²) in [6.45, 7) is 3.52. The molecule has 0 saturated carbocycles.